The van der Waals surface area contributed by atoms with Gasteiger partial charge in [-0.3, -0.25) is 4.79 Å². The lowest BCUT2D eigenvalue weighted by Gasteiger charge is -2.07. The van der Waals surface area contributed by atoms with Gasteiger partial charge in [0.15, 0.2) is 0 Å². The second kappa shape index (κ2) is 3.47. The van der Waals surface area contributed by atoms with E-state index in [-0.39, 0.29) is 28.6 Å². The van der Waals surface area contributed by atoms with Gasteiger partial charge in [0.1, 0.15) is 5.82 Å². The van der Waals surface area contributed by atoms with Crippen molar-refractivity contribution in [3.8, 4) is 0 Å². The number of nitrogen functional groups attached to an aromatic ring is 1. The number of halogens is 1. The van der Waals surface area contributed by atoms with Crippen LogP contribution in [0.4, 0.5) is 10.1 Å². The van der Waals surface area contributed by atoms with Crippen molar-refractivity contribution in [1.29, 1.82) is 0 Å². The molecule has 0 heterocycles. The van der Waals surface area contributed by atoms with Gasteiger partial charge in [0.05, 0.1) is 0 Å². The third kappa shape index (κ3) is 2.15. The summed E-state index contributed by atoms with van der Waals surface area (Å²) in [5.41, 5.74) is 6.18. The Bertz CT molecular complexity index is 422. The van der Waals surface area contributed by atoms with Crippen LogP contribution in [0.1, 0.15) is 30.6 Å². The molecule has 1 aliphatic carbocycles. The molecule has 0 saturated heterocycles. The van der Waals surface area contributed by atoms with E-state index in [0.717, 1.165) is 6.42 Å². The molecule has 2 rings (SSSR count). The minimum atomic E-state index is -0.486. The average molecular weight is 222 g/mol. The fourth-order valence-electron chi connectivity index (χ4n) is 1.70. The molecule has 0 radical (unpaired) electrons. The first-order chi connectivity index (χ1) is 7.38. The predicted molar refractivity (Wildman–Crippen MR) is 60.5 cm³/mol. The normalized spacial score (nSPS) is 21.6. The summed E-state index contributed by atoms with van der Waals surface area (Å²) in [4.78, 5) is 11.8. The number of benzene rings is 1. The number of carbonyl (C=O) groups excluding carboxylic acids is 1. The maximum absolute atomic E-state index is 13.0. The van der Waals surface area contributed by atoms with Crippen LogP contribution in [-0.2, 0) is 0 Å². The summed E-state index contributed by atoms with van der Waals surface area (Å²) in [6.07, 6.45) is 0.962. The van der Waals surface area contributed by atoms with Crippen LogP contribution in [0.25, 0.3) is 0 Å². The first kappa shape index (κ1) is 10.9. The van der Waals surface area contributed by atoms with Crippen molar-refractivity contribution in [1.82, 2.24) is 5.32 Å². The smallest absolute Gasteiger partial charge is 0.251 e. The van der Waals surface area contributed by atoms with Gasteiger partial charge in [-0.25, -0.2) is 4.39 Å². The molecule has 86 valence electrons. The number of rotatable bonds is 2. The maximum atomic E-state index is 13.0. The van der Waals surface area contributed by atoms with Crippen LogP contribution in [0.2, 0.25) is 0 Å². The summed E-state index contributed by atoms with van der Waals surface area (Å²) in [5.74, 6) is -0.748. The van der Waals surface area contributed by atoms with Gasteiger partial charge in [-0.05, 0) is 30.0 Å². The summed E-state index contributed by atoms with van der Waals surface area (Å²) in [7, 11) is 0. The standard InChI is InChI=1S/C12H15FN2O/c1-12(2)6-10(12)15-11(16)7-3-8(13)5-9(14)4-7/h3-5,10H,6,14H2,1-2H3,(H,15,16). The van der Waals surface area contributed by atoms with Gasteiger partial charge >= 0.3 is 0 Å². The van der Waals surface area contributed by atoms with E-state index in [2.05, 4.69) is 19.2 Å². The van der Waals surface area contributed by atoms with Crippen molar-refractivity contribution < 1.29 is 9.18 Å². The SMILES string of the molecule is CC1(C)CC1NC(=O)c1cc(N)cc(F)c1. The summed E-state index contributed by atoms with van der Waals surface area (Å²) in [6.45, 7) is 4.16. The summed E-state index contributed by atoms with van der Waals surface area (Å²) in [6, 6.07) is 4.05. The molecule has 4 heteroatoms. The molecule has 0 bridgehead atoms. The Morgan fingerprint density at radius 3 is 2.62 bits per heavy atom. The Kier molecular flexibility index (Phi) is 2.37. The van der Waals surface area contributed by atoms with Gasteiger partial charge in [0.2, 0.25) is 0 Å². The first-order valence-corrected chi connectivity index (χ1v) is 5.25. The van der Waals surface area contributed by atoms with Crippen molar-refractivity contribution in [3.05, 3.63) is 29.6 Å². The Morgan fingerprint density at radius 2 is 2.12 bits per heavy atom. The third-order valence-electron chi connectivity index (χ3n) is 3.00. The van der Waals surface area contributed by atoms with Crippen molar-refractivity contribution in [2.75, 3.05) is 5.73 Å². The fraction of sp³-hybridized carbons (Fsp3) is 0.417. The molecule has 1 aliphatic rings. The van der Waals surface area contributed by atoms with Crippen molar-refractivity contribution >= 4 is 11.6 Å². The molecule has 0 aliphatic heterocycles. The van der Waals surface area contributed by atoms with Gasteiger partial charge in [-0.1, -0.05) is 13.8 Å². The summed E-state index contributed by atoms with van der Waals surface area (Å²) >= 11 is 0. The number of amides is 1. The van der Waals surface area contributed by atoms with Gasteiger partial charge in [0, 0.05) is 17.3 Å². The van der Waals surface area contributed by atoms with E-state index in [4.69, 9.17) is 5.73 Å². The molecular formula is C12H15FN2O. The Hall–Kier alpha value is -1.58. The molecule has 1 saturated carbocycles. The highest BCUT2D eigenvalue weighted by atomic mass is 19.1. The lowest BCUT2D eigenvalue weighted by molar-refractivity contribution is 0.0946. The zero-order valence-corrected chi connectivity index (χ0v) is 9.38. The minimum absolute atomic E-state index is 0.161. The number of nitrogens with two attached hydrogens (primary N) is 1. The number of carbonyl (C=O) groups is 1. The molecule has 3 nitrogen and oxygen atoms in total. The Morgan fingerprint density at radius 1 is 1.50 bits per heavy atom. The Labute approximate surface area is 93.8 Å². The Balaban J connectivity index is 2.09. The fourth-order valence-corrected chi connectivity index (χ4v) is 1.70. The van der Waals surface area contributed by atoms with E-state index in [9.17, 15) is 9.18 Å². The van der Waals surface area contributed by atoms with Gasteiger partial charge < -0.3 is 11.1 Å². The molecule has 1 aromatic rings. The highest BCUT2D eigenvalue weighted by molar-refractivity contribution is 5.95. The summed E-state index contributed by atoms with van der Waals surface area (Å²) in [5, 5.41) is 2.85. The van der Waals surface area contributed by atoms with Gasteiger partial charge in [-0.15, -0.1) is 0 Å². The minimum Gasteiger partial charge on any atom is -0.399 e. The zero-order chi connectivity index (χ0) is 11.9. The molecule has 1 amide bonds. The van der Waals surface area contributed by atoms with E-state index < -0.39 is 5.82 Å². The van der Waals surface area contributed by atoms with Crippen LogP contribution in [0.15, 0.2) is 18.2 Å². The van der Waals surface area contributed by atoms with E-state index in [0.29, 0.717) is 0 Å². The quantitative estimate of drug-likeness (QED) is 0.751. The highest BCUT2D eigenvalue weighted by Crippen LogP contribution is 2.44. The predicted octanol–water partition coefficient (Wildman–Crippen LogP) is 1.94. The number of hydrogen-bond acceptors (Lipinski definition) is 2. The molecule has 3 N–H and O–H groups in total. The molecule has 16 heavy (non-hydrogen) atoms. The molecule has 0 spiro atoms. The molecular weight excluding hydrogens is 207 g/mol. The molecule has 1 fully saturated rings. The molecule has 1 aromatic carbocycles. The maximum Gasteiger partial charge on any atom is 0.251 e. The molecule has 1 atom stereocenters. The second-order valence-corrected chi connectivity index (χ2v) is 4.99. The second-order valence-electron chi connectivity index (χ2n) is 4.99. The lowest BCUT2D eigenvalue weighted by atomic mass is 10.1. The van der Waals surface area contributed by atoms with Crippen molar-refractivity contribution in [3.63, 3.8) is 0 Å². The summed E-state index contributed by atoms with van der Waals surface area (Å²) < 4.78 is 13.0. The van der Waals surface area contributed by atoms with Crippen LogP contribution in [0, 0.1) is 11.2 Å². The van der Waals surface area contributed by atoms with E-state index in [1.54, 1.807) is 0 Å². The average Bonchev–Trinajstić information content (AvgIpc) is 2.71. The van der Waals surface area contributed by atoms with Crippen LogP contribution in [-0.4, -0.2) is 11.9 Å². The first-order valence-electron chi connectivity index (χ1n) is 5.25. The van der Waals surface area contributed by atoms with Crippen molar-refractivity contribution in [2.45, 2.75) is 26.3 Å². The van der Waals surface area contributed by atoms with E-state index in [1.807, 2.05) is 0 Å². The topological polar surface area (TPSA) is 55.1 Å². The van der Waals surface area contributed by atoms with Crippen molar-refractivity contribution in [2.24, 2.45) is 5.41 Å². The number of anilines is 1. The van der Waals surface area contributed by atoms with Crippen LogP contribution < -0.4 is 11.1 Å². The van der Waals surface area contributed by atoms with Crippen LogP contribution in [0.3, 0.4) is 0 Å². The van der Waals surface area contributed by atoms with Crippen LogP contribution >= 0.6 is 0 Å². The lowest BCUT2D eigenvalue weighted by Crippen LogP contribution is -2.28. The zero-order valence-electron chi connectivity index (χ0n) is 9.38. The highest BCUT2D eigenvalue weighted by Gasteiger charge is 2.46. The largest absolute Gasteiger partial charge is 0.399 e. The third-order valence-corrected chi connectivity index (χ3v) is 3.00. The number of hydrogen-bond donors (Lipinski definition) is 2. The monoisotopic (exact) mass is 222 g/mol. The van der Waals surface area contributed by atoms with Gasteiger partial charge in [0.25, 0.3) is 5.91 Å². The van der Waals surface area contributed by atoms with E-state index >= 15 is 0 Å². The molecule has 0 aromatic heterocycles. The van der Waals surface area contributed by atoms with E-state index in [1.165, 1.54) is 18.2 Å². The molecule has 1 unspecified atom stereocenters. The number of nitrogens with one attached hydrogen (secondary N) is 1. The van der Waals surface area contributed by atoms with Gasteiger partial charge in [-0.2, -0.15) is 0 Å². The van der Waals surface area contributed by atoms with Crippen LogP contribution in [0.5, 0.6) is 0 Å².